The number of aromatic nitrogens is 1. The van der Waals surface area contributed by atoms with Gasteiger partial charge in [-0.05, 0) is 82.0 Å². The predicted molar refractivity (Wildman–Crippen MR) is 148 cm³/mol. The maximum absolute atomic E-state index is 14.8. The fraction of sp³-hybridized carbons (Fsp3) is 0.355. The van der Waals surface area contributed by atoms with Crippen molar-refractivity contribution in [1.29, 1.82) is 0 Å². The molecule has 0 saturated carbocycles. The van der Waals surface area contributed by atoms with Gasteiger partial charge in [0.15, 0.2) is 11.6 Å². The second-order valence-electron chi connectivity index (χ2n) is 10.8. The van der Waals surface area contributed by atoms with Crippen molar-refractivity contribution in [1.82, 2.24) is 14.8 Å². The van der Waals surface area contributed by atoms with Crippen molar-refractivity contribution in [2.75, 3.05) is 31.5 Å². The number of halogens is 2. The van der Waals surface area contributed by atoms with Crippen LogP contribution in [-0.2, 0) is 4.79 Å². The number of anilines is 1. The van der Waals surface area contributed by atoms with Gasteiger partial charge in [0, 0.05) is 47.3 Å². The molecule has 2 aromatic carbocycles. The molecule has 6 nitrogen and oxygen atoms in total. The molecule has 2 saturated heterocycles. The lowest BCUT2D eigenvalue weighted by Crippen LogP contribution is -2.46. The van der Waals surface area contributed by atoms with E-state index in [2.05, 4.69) is 15.2 Å². The molecule has 202 valence electrons. The van der Waals surface area contributed by atoms with E-state index in [4.69, 9.17) is 0 Å². The van der Waals surface area contributed by atoms with Crippen LogP contribution in [0.1, 0.15) is 58.6 Å². The van der Waals surface area contributed by atoms with Crippen LogP contribution in [0.4, 0.5) is 14.5 Å². The van der Waals surface area contributed by atoms with Gasteiger partial charge in [-0.3, -0.25) is 9.59 Å². The normalized spacial score (nSPS) is 19.1. The van der Waals surface area contributed by atoms with Gasteiger partial charge in [0.1, 0.15) is 0 Å². The minimum atomic E-state index is -0.960. The molecule has 4 heterocycles. The molecular formula is C31H32F2N4O2. The van der Waals surface area contributed by atoms with Crippen LogP contribution in [0, 0.1) is 25.5 Å². The summed E-state index contributed by atoms with van der Waals surface area (Å²) in [6.07, 6.45) is 6.21. The van der Waals surface area contributed by atoms with E-state index < -0.39 is 11.6 Å². The Morgan fingerprint density at radius 2 is 1.67 bits per heavy atom. The van der Waals surface area contributed by atoms with Gasteiger partial charge in [-0.1, -0.05) is 24.3 Å². The van der Waals surface area contributed by atoms with Crippen LogP contribution in [0.3, 0.4) is 0 Å². The van der Waals surface area contributed by atoms with Gasteiger partial charge in [-0.2, -0.15) is 0 Å². The summed E-state index contributed by atoms with van der Waals surface area (Å²) in [6.45, 7) is 7.55. The van der Waals surface area contributed by atoms with E-state index in [1.807, 2.05) is 18.7 Å². The molecule has 2 amide bonds. The summed E-state index contributed by atoms with van der Waals surface area (Å²) >= 11 is 0. The fourth-order valence-corrected chi connectivity index (χ4v) is 6.41. The van der Waals surface area contributed by atoms with Crippen LogP contribution in [0.2, 0.25) is 0 Å². The lowest BCUT2D eigenvalue weighted by Gasteiger charge is -2.36. The zero-order valence-electron chi connectivity index (χ0n) is 22.2. The average molecular weight is 531 g/mol. The summed E-state index contributed by atoms with van der Waals surface area (Å²) in [5.41, 5.74) is 4.67. The van der Waals surface area contributed by atoms with Crippen molar-refractivity contribution >= 4 is 29.2 Å². The van der Waals surface area contributed by atoms with Gasteiger partial charge in [-0.25, -0.2) is 8.78 Å². The number of nitrogens with one attached hydrogen (secondary N) is 2. The summed E-state index contributed by atoms with van der Waals surface area (Å²) in [6, 6.07) is 9.70. The fourth-order valence-electron chi connectivity index (χ4n) is 6.41. The predicted octanol–water partition coefficient (Wildman–Crippen LogP) is 5.77. The molecule has 0 atom stereocenters. The highest BCUT2D eigenvalue weighted by Gasteiger charge is 2.32. The maximum Gasteiger partial charge on any atom is 0.256 e. The molecule has 2 fully saturated rings. The number of nitrogens with zero attached hydrogens (tertiary/aromatic N) is 2. The molecule has 39 heavy (non-hydrogen) atoms. The molecule has 3 aromatic rings. The molecule has 3 aliphatic rings. The second-order valence-corrected chi connectivity index (χ2v) is 10.8. The molecule has 1 aromatic heterocycles. The van der Waals surface area contributed by atoms with Crippen molar-refractivity contribution in [2.45, 2.75) is 45.6 Å². The van der Waals surface area contributed by atoms with Gasteiger partial charge in [0.25, 0.3) is 11.8 Å². The number of rotatable bonds is 4. The zero-order chi connectivity index (χ0) is 27.3. The molecule has 3 aliphatic heterocycles. The standard InChI is InChI=1S/C31H32F2N4O2/c1-18-26(34-19(2)27(18)31(39)37-15-11-20(12-16-37)36-13-3-4-14-36)17-23-28-21(7-6-10-25(28)35-30(23)38)22-8-5-9-24(32)29(22)33/h5-10,17,20,34H,3-4,11-16H2,1-2H3,(H,35,38). The number of fused-ring (bicyclic) bond motifs is 1. The SMILES string of the molecule is Cc1[nH]c(C=C2C(=O)Nc3cccc(-c4cccc(F)c4F)c32)c(C)c1C(=O)N1CCC(N2CCCC2)CC1. The summed E-state index contributed by atoms with van der Waals surface area (Å²) in [4.78, 5) is 34.5. The molecule has 6 rings (SSSR count). The number of aromatic amines is 1. The van der Waals surface area contributed by atoms with Crippen LogP contribution in [0.15, 0.2) is 36.4 Å². The number of likely N-dealkylation sites (tertiary alicyclic amines) is 2. The third kappa shape index (κ3) is 4.46. The van der Waals surface area contributed by atoms with Crippen molar-refractivity contribution in [2.24, 2.45) is 0 Å². The minimum absolute atomic E-state index is 0.00423. The van der Waals surface area contributed by atoms with Gasteiger partial charge in [0.2, 0.25) is 0 Å². The molecule has 0 unspecified atom stereocenters. The lowest BCUT2D eigenvalue weighted by molar-refractivity contribution is -0.110. The Hall–Kier alpha value is -3.78. The van der Waals surface area contributed by atoms with Crippen molar-refractivity contribution in [3.63, 3.8) is 0 Å². The number of carbonyl (C=O) groups is 2. The Kier molecular flexibility index (Phi) is 6.59. The highest BCUT2D eigenvalue weighted by molar-refractivity contribution is 6.36. The first-order valence-corrected chi connectivity index (χ1v) is 13.7. The number of benzene rings is 2. The van der Waals surface area contributed by atoms with E-state index in [9.17, 15) is 18.4 Å². The van der Waals surface area contributed by atoms with E-state index in [-0.39, 0.29) is 17.4 Å². The first kappa shape index (κ1) is 25.5. The van der Waals surface area contributed by atoms with E-state index in [1.54, 1.807) is 24.3 Å². The van der Waals surface area contributed by atoms with Crippen molar-refractivity contribution in [3.8, 4) is 11.1 Å². The Bertz CT molecular complexity index is 1490. The summed E-state index contributed by atoms with van der Waals surface area (Å²) in [5.74, 6) is -2.24. The summed E-state index contributed by atoms with van der Waals surface area (Å²) in [5, 5.41) is 2.84. The third-order valence-corrected chi connectivity index (χ3v) is 8.46. The van der Waals surface area contributed by atoms with Crippen LogP contribution in [0.5, 0.6) is 0 Å². The largest absolute Gasteiger partial charge is 0.358 e. The quantitative estimate of drug-likeness (QED) is 0.421. The van der Waals surface area contributed by atoms with Gasteiger partial charge in [0.05, 0.1) is 11.1 Å². The number of H-pyrrole nitrogens is 1. The lowest BCUT2D eigenvalue weighted by atomic mass is 9.93. The molecular weight excluding hydrogens is 498 g/mol. The van der Waals surface area contributed by atoms with Gasteiger partial charge >= 0.3 is 0 Å². The Balaban J connectivity index is 1.31. The molecule has 0 aliphatic carbocycles. The first-order valence-electron chi connectivity index (χ1n) is 13.7. The Labute approximate surface area is 226 Å². The van der Waals surface area contributed by atoms with E-state index in [0.29, 0.717) is 39.7 Å². The van der Waals surface area contributed by atoms with Crippen LogP contribution in [-0.4, -0.2) is 58.8 Å². The van der Waals surface area contributed by atoms with E-state index in [0.717, 1.165) is 56.3 Å². The molecule has 0 radical (unpaired) electrons. The molecule has 0 spiro atoms. The van der Waals surface area contributed by atoms with Crippen molar-refractivity contribution < 1.29 is 18.4 Å². The highest BCUT2D eigenvalue weighted by atomic mass is 19.2. The highest BCUT2D eigenvalue weighted by Crippen LogP contribution is 2.41. The van der Waals surface area contributed by atoms with Gasteiger partial charge < -0.3 is 20.1 Å². The Morgan fingerprint density at radius 1 is 0.974 bits per heavy atom. The maximum atomic E-state index is 14.8. The molecule has 2 N–H and O–H groups in total. The summed E-state index contributed by atoms with van der Waals surface area (Å²) in [7, 11) is 0. The number of piperidine rings is 1. The van der Waals surface area contributed by atoms with E-state index in [1.165, 1.54) is 25.0 Å². The minimum Gasteiger partial charge on any atom is -0.358 e. The zero-order valence-corrected chi connectivity index (χ0v) is 22.2. The number of carbonyl (C=O) groups excluding carboxylic acids is 2. The first-order chi connectivity index (χ1) is 18.8. The third-order valence-electron chi connectivity index (χ3n) is 8.46. The monoisotopic (exact) mass is 530 g/mol. The van der Waals surface area contributed by atoms with Crippen LogP contribution in [0.25, 0.3) is 22.8 Å². The number of hydrogen-bond acceptors (Lipinski definition) is 3. The van der Waals surface area contributed by atoms with Crippen LogP contribution >= 0.6 is 0 Å². The number of aryl methyl sites for hydroxylation is 1. The van der Waals surface area contributed by atoms with Crippen LogP contribution < -0.4 is 5.32 Å². The second kappa shape index (κ2) is 10.1. The van der Waals surface area contributed by atoms with E-state index >= 15 is 0 Å². The van der Waals surface area contributed by atoms with Gasteiger partial charge in [-0.15, -0.1) is 0 Å². The number of hydrogen-bond donors (Lipinski definition) is 2. The summed E-state index contributed by atoms with van der Waals surface area (Å²) < 4.78 is 28.8. The van der Waals surface area contributed by atoms with Crippen molar-refractivity contribution in [3.05, 3.63) is 76.1 Å². The topological polar surface area (TPSA) is 68.4 Å². The Morgan fingerprint density at radius 3 is 2.41 bits per heavy atom. The molecule has 0 bridgehead atoms. The molecule has 8 heteroatoms. The smallest absolute Gasteiger partial charge is 0.256 e. The average Bonchev–Trinajstić information content (AvgIpc) is 3.64. The number of amides is 2.